The van der Waals surface area contributed by atoms with Gasteiger partial charge in [0.25, 0.3) is 0 Å². The molecule has 0 bridgehead atoms. The van der Waals surface area contributed by atoms with Crippen LogP contribution in [0, 0.1) is 0 Å². The molecule has 0 aliphatic carbocycles. The summed E-state index contributed by atoms with van der Waals surface area (Å²) in [6.07, 6.45) is -10.2. The predicted molar refractivity (Wildman–Crippen MR) is 89.3 cm³/mol. The summed E-state index contributed by atoms with van der Waals surface area (Å²) in [6.45, 7) is -0.159. The topological polar surface area (TPSA) is 120 Å². The molecule has 0 amide bonds. The number of aliphatic hydroxyl groups excluding tert-OH is 5. The monoisotopic (exact) mass is 1130 g/mol. The van der Waals surface area contributed by atoms with Gasteiger partial charge in [-0.15, -0.1) is 0 Å². The summed E-state index contributed by atoms with van der Waals surface area (Å²) in [5.74, 6) is -6.93. The van der Waals surface area contributed by atoms with Crippen LogP contribution in [0.1, 0.15) is 6.92 Å². The predicted octanol–water partition coefficient (Wildman–Crippen LogP) is -2.78. The second-order valence-corrected chi connectivity index (χ2v) is 21.2. The second-order valence-electron chi connectivity index (χ2n) is 5.00. The minimum Gasteiger partial charge on any atom is -0.394 e. The maximum Gasteiger partial charge on any atom is 0.325 e. The molecule has 2 aliphatic rings. The van der Waals surface area contributed by atoms with E-state index in [1.807, 2.05) is 0 Å². The van der Waals surface area contributed by atoms with Gasteiger partial charge in [-0.25, -0.2) is 8.78 Å². The van der Waals surface area contributed by atoms with Gasteiger partial charge in [0.2, 0.25) is 6.29 Å². The molecule has 2 heterocycles. The fourth-order valence-electron chi connectivity index (χ4n) is 1.93. The molecule has 2 aliphatic heterocycles. The van der Waals surface area contributed by atoms with E-state index < -0.39 is 61.9 Å². The molecule has 5 N–H and O–H groups in total. The van der Waals surface area contributed by atoms with Crippen molar-refractivity contribution < 1.29 is 215 Å². The summed E-state index contributed by atoms with van der Waals surface area (Å²) < 4.78 is 59.0. The van der Waals surface area contributed by atoms with E-state index in [2.05, 4.69) is 46.7 Å². The maximum atomic E-state index is 12.7. The Kier molecular flexibility index (Phi) is 40.7. The van der Waals surface area contributed by atoms with E-state index in [1.165, 1.54) is 6.92 Å². The Bertz CT molecular complexity index is 386. The van der Waals surface area contributed by atoms with Crippen molar-refractivity contribution in [3.63, 3.8) is 0 Å². The van der Waals surface area contributed by atoms with Crippen molar-refractivity contribution in [1.29, 1.82) is 0 Å². The Morgan fingerprint density at radius 2 is 1.10 bits per heavy atom. The standard InChI is InChI=1S/C6H10F2O3.C5H8F2O4.I3.V.4Y/c1-3-6(7,8)5(10)4(2-9)11-3;6-5(7)3(9)2(1-8)11-4(5)10;1-3-2;;;;;/h3-5,9-10H,2H2,1H3;2-4,8-10H,1H2;;;;;;/q;;-1;;;;;. The summed E-state index contributed by atoms with van der Waals surface area (Å²) in [6, 6.07) is 0. The van der Waals surface area contributed by atoms with Gasteiger partial charge in [0.15, 0.2) is 6.10 Å². The quantitative estimate of drug-likeness (QED) is 0.150. The zero-order valence-corrected chi connectivity index (χ0v) is 34.6. The fraction of sp³-hybridized carbons (Fsp3) is 1.00. The first-order valence-corrected chi connectivity index (χ1v) is 19.2. The van der Waals surface area contributed by atoms with Gasteiger partial charge in [-0.1, -0.05) is 0 Å². The van der Waals surface area contributed by atoms with E-state index in [4.69, 9.17) is 25.5 Å². The van der Waals surface area contributed by atoms with Crippen molar-refractivity contribution in [2.45, 2.75) is 55.6 Å². The van der Waals surface area contributed by atoms with E-state index in [-0.39, 0.29) is 149 Å². The third-order valence-electron chi connectivity index (χ3n) is 3.41. The fourth-order valence-corrected chi connectivity index (χ4v) is 1.93. The molecule has 19 heteroatoms. The summed E-state index contributed by atoms with van der Waals surface area (Å²) in [4.78, 5) is 0. The Hall–Kier alpha value is 6.63. The number of alkyl halides is 4. The molecule has 2 rings (SSSR count). The van der Waals surface area contributed by atoms with Crippen LogP contribution in [0.25, 0.3) is 0 Å². The van der Waals surface area contributed by atoms with Gasteiger partial charge in [-0.3, -0.25) is 0 Å². The summed E-state index contributed by atoms with van der Waals surface area (Å²) in [7, 11) is 0. The first-order valence-electron chi connectivity index (χ1n) is 6.61. The van der Waals surface area contributed by atoms with Crippen molar-refractivity contribution in [1.82, 2.24) is 0 Å². The molecule has 6 atom stereocenters. The maximum absolute atomic E-state index is 12.7. The van der Waals surface area contributed by atoms with Crippen molar-refractivity contribution in [3.05, 3.63) is 0 Å². The van der Waals surface area contributed by atoms with E-state index in [9.17, 15) is 17.6 Å². The van der Waals surface area contributed by atoms with Crippen molar-refractivity contribution >= 4 is 37.2 Å². The Morgan fingerprint density at radius 3 is 1.23 bits per heavy atom. The van der Waals surface area contributed by atoms with Gasteiger partial charge >= 0.3 is 62.3 Å². The average molecular weight is 1130 g/mol. The van der Waals surface area contributed by atoms with Crippen LogP contribution in [0.3, 0.4) is 0 Å². The van der Waals surface area contributed by atoms with E-state index >= 15 is 0 Å². The van der Waals surface area contributed by atoms with E-state index in [0.29, 0.717) is 13.3 Å². The van der Waals surface area contributed by atoms with Gasteiger partial charge in [-0.05, 0) is 6.92 Å². The van der Waals surface area contributed by atoms with Gasteiger partial charge in [0.1, 0.15) is 24.4 Å². The number of ether oxygens (including phenoxy) is 2. The normalized spacial score (nSPS) is 32.1. The summed E-state index contributed by atoms with van der Waals surface area (Å²) >= 11 is 5.30. The van der Waals surface area contributed by atoms with Crippen LogP contribution in [-0.2, 0) is 159 Å². The molecule has 0 aromatic rings. The number of halogens is 7. The molecule has 5 radical (unpaired) electrons. The molecule has 7 nitrogen and oxygen atoms in total. The van der Waals surface area contributed by atoms with Crippen LogP contribution in [0.2, 0.25) is 0 Å². The van der Waals surface area contributed by atoms with Gasteiger partial charge in [0, 0.05) is 149 Å². The molecule has 171 valence electrons. The van der Waals surface area contributed by atoms with Gasteiger partial charge < -0.3 is 35.0 Å². The zero-order valence-electron chi connectivity index (χ0n) is 15.3. The van der Waals surface area contributed by atoms with Crippen LogP contribution in [0.4, 0.5) is 17.6 Å². The van der Waals surface area contributed by atoms with Crippen molar-refractivity contribution in [2.24, 2.45) is 0 Å². The third kappa shape index (κ3) is 15.3. The second kappa shape index (κ2) is 24.7. The smallest absolute Gasteiger partial charge is 0.325 e. The summed E-state index contributed by atoms with van der Waals surface area (Å²) in [5.41, 5.74) is 0. The van der Waals surface area contributed by atoms with Crippen LogP contribution in [0.5, 0.6) is 0 Å². The minimum atomic E-state index is -3.69. The Labute approximate surface area is 314 Å². The molecular weight excluding hydrogens is 1110 g/mol. The van der Waals surface area contributed by atoms with Crippen LogP contribution >= 0.6 is 37.2 Å². The van der Waals surface area contributed by atoms with Crippen LogP contribution in [0.15, 0.2) is 0 Å². The SMILES string of the molecule is CC1OC(CO)C(O)C1(F)F.I[I-]I.OCC1OC(O)C(F)(F)C1O.[V].[Y].[Y].[Y].[Y]. The molecule has 0 aromatic carbocycles. The third-order valence-corrected chi connectivity index (χ3v) is 3.41. The average Bonchev–Trinajstić information content (AvgIpc) is 2.87. The van der Waals surface area contributed by atoms with Crippen molar-refractivity contribution in [3.8, 4) is 0 Å². The van der Waals surface area contributed by atoms with E-state index in [1.54, 1.807) is 0 Å². The van der Waals surface area contributed by atoms with Crippen molar-refractivity contribution in [2.75, 3.05) is 13.2 Å². The first-order chi connectivity index (χ1) is 11.4. The molecule has 2 saturated heterocycles. The molecule has 0 spiro atoms. The van der Waals surface area contributed by atoms with Crippen LogP contribution in [-0.4, -0.2) is 87.4 Å². The summed E-state index contributed by atoms with van der Waals surface area (Å²) in [5, 5.41) is 42.9. The molecular formula is C11H18F4I3O7VY4-. The molecule has 0 aromatic heterocycles. The Balaban J connectivity index is -0.0000000739. The number of hydrogen-bond donors (Lipinski definition) is 5. The van der Waals surface area contributed by atoms with Gasteiger partial charge in [-0.2, -0.15) is 8.78 Å². The number of hydrogen-bond acceptors (Lipinski definition) is 7. The number of aliphatic hydroxyl groups is 5. The Morgan fingerprint density at radius 1 is 0.800 bits per heavy atom. The van der Waals surface area contributed by atoms with Crippen LogP contribution < -0.4 is 13.3 Å². The largest absolute Gasteiger partial charge is 0.394 e. The molecule has 0 saturated carbocycles. The molecule has 2 fully saturated rings. The molecule has 30 heavy (non-hydrogen) atoms. The van der Waals surface area contributed by atoms with Gasteiger partial charge in [0.05, 0.1) is 13.2 Å². The number of rotatable bonds is 2. The zero-order chi connectivity index (χ0) is 20.0. The minimum absolute atomic E-state index is 0. The first kappa shape index (κ1) is 49.6. The van der Waals surface area contributed by atoms with E-state index in [0.717, 1.165) is 0 Å². The molecule has 6 unspecified atom stereocenters.